The van der Waals surface area contributed by atoms with E-state index in [2.05, 4.69) is 39.9 Å². The van der Waals surface area contributed by atoms with Crippen LogP contribution in [0.3, 0.4) is 0 Å². The summed E-state index contributed by atoms with van der Waals surface area (Å²) in [7, 11) is 0. The predicted octanol–water partition coefficient (Wildman–Crippen LogP) is 1.96. The van der Waals surface area contributed by atoms with Crippen LogP contribution in [0.25, 0.3) is 0 Å². The lowest BCUT2D eigenvalue weighted by Gasteiger charge is -2.37. The lowest BCUT2D eigenvalue weighted by Crippen LogP contribution is -2.47. The lowest BCUT2D eigenvalue weighted by atomic mass is 10.1. The SMILES string of the molecule is Cc1cc(Br)ccc1N1CCOCC1CO. The maximum absolute atomic E-state index is 9.34. The van der Waals surface area contributed by atoms with Crippen molar-refractivity contribution in [1.29, 1.82) is 0 Å². The largest absolute Gasteiger partial charge is 0.394 e. The molecule has 0 spiro atoms. The van der Waals surface area contributed by atoms with Gasteiger partial charge in [0.1, 0.15) is 0 Å². The Hall–Kier alpha value is -0.580. The normalized spacial score (nSPS) is 21.2. The number of morpholine rings is 1. The van der Waals surface area contributed by atoms with Crippen LogP contribution in [0.1, 0.15) is 5.56 Å². The highest BCUT2D eigenvalue weighted by Gasteiger charge is 2.23. The van der Waals surface area contributed by atoms with E-state index in [9.17, 15) is 5.11 Å². The van der Waals surface area contributed by atoms with Crippen molar-refractivity contribution in [2.24, 2.45) is 0 Å². The van der Waals surface area contributed by atoms with E-state index in [0.717, 1.165) is 17.6 Å². The number of benzene rings is 1. The van der Waals surface area contributed by atoms with Crippen molar-refractivity contribution in [3.8, 4) is 0 Å². The molecule has 1 aliphatic heterocycles. The first-order valence-corrected chi connectivity index (χ1v) is 6.23. The molecular formula is C12H16BrNO2. The lowest BCUT2D eigenvalue weighted by molar-refractivity contribution is 0.0726. The van der Waals surface area contributed by atoms with Crippen LogP contribution in [-0.4, -0.2) is 37.5 Å². The average molecular weight is 286 g/mol. The summed E-state index contributed by atoms with van der Waals surface area (Å²) in [6.07, 6.45) is 0. The Bertz CT molecular complexity index is 370. The number of ether oxygens (including phenoxy) is 1. The van der Waals surface area contributed by atoms with Crippen molar-refractivity contribution in [3.63, 3.8) is 0 Å². The molecule has 2 rings (SSSR count). The first kappa shape index (κ1) is 11.9. The fourth-order valence-electron chi connectivity index (χ4n) is 2.06. The summed E-state index contributed by atoms with van der Waals surface area (Å²) in [6, 6.07) is 6.30. The van der Waals surface area contributed by atoms with Crippen LogP contribution in [0.2, 0.25) is 0 Å². The molecule has 3 nitrogen and oxygen atoms in total. The number of anilines is 1. The molecule has 0 aromatic heterocycles. The van der Waals surface area contributed by atoms with Gasteiger partial charge in [-0.25, -0.2) is 0 Å². The molecule has 1 aliphatic rings. The van der Waals surface area contributed by atoms with Crippen LogP contribution in [-0.2, 0) is 4.74 Å². The van der Waals surface area contributed by atoms with Gasteiger partial charge in [0.2, 0.25) is 0 Å². The quantitative estimate of drug-likeness (QED) is 0.902. The van der Waals surface area contributed by atoms with Crippen LogP contribution >= 0.6 is 15.9 Å². The van der Waals surface area contributed by atoms with Gasteiger partial charge in [0.15, 0.2) is 0 Å². The van der Waals surface area contributed by atoms with Gasteiger partial charge in [0.05, 0.1) is 25.9 Å². The molecule has 1 aromatic rings. The summed E-state index contributed by atoms with van der Waals surface area (Å²) in [4.78, 5) is 2.23. The van der Waals surface area contributed by atoms with Crippen LogP contribution < -0.4 is 4.90 Å². The van der Waals surface area contributed by atoms with Crippen molar-refractivity contribution in [2.45, 2.75) is 13.0 Å². The molecule has 88 valence electrons. The van der Waals surface area contributed by atoms with E-state index in [1.54, 1.807) is 0 Å². The Kier molecular flexibility index (Phi) is 3.84. The number of aryl methyl sites for hydroxylation is 1. The second-order valence-corrected chi connectivity index (χ2v) is 4.95. The minimum absolute atomic E-state index is 0.0774. The van der Waals surface area contributed by atoms with Gasteiger partial charge >= 0.3 is 0 Å². The smallest absolute Gasteiger partial charge is 0.0755 e. The number of hydrogen-bond acceptors (Lipinski definition) is 3. The molecule has 1 N–H and O–H groups in total. The Labute approximate surface area is 104 Å². The van der Waals surface area contributed by atoms with Gasteiger partial charge in [0, 0.05) is 16.7 Å². The highest BCUT2D eigenvalue weighted by molar-refractivity contribution is 9.10. The number of halogens is 1. The molecule has 16 heavy (non-hydrogen) atoms. The van der Waals surface area contributed by atoms with Gasteiger partial charge in [-0.05, 0) is 30.7 Å². The number of aliphatic hydroxyl groups excluding tert-OH is 1. The van der Waals surface area contributed by atoms with E-state index in [1.165, 1.54) is 11.3 Å². The zero-order valence-corrected chi connectivity index (χ0v) is 10.9. The first-order valence-electron chi connectivity index (χ1n) is 5.44. The third kappa shape index (κ3) is 2.39. The molecule has 0 radical (unpaired) electrons. The monoisotopic (exact) mass is 285 g/mol. The van der Waals surface area contributed by atoms with Gasteiger partial charge in [-0.1, -0.05) is 15.9 Å². The van der Waals surface area contributed by atoms with Crippen molar-refractivity contribution >= 4 is 21.6 Å². The topological polar surface area (TPSA) is 32.7 Å². The van der Waals surface area contributed by atoms with Crippen molar-refractivity contribution < 1.29 is 9.84 Å². The summed E-state index contributed by atoms with van der Waals surface area (Å²) in [5.74, 6) is 0. The molecular weight excluding hydrogens is 270 g/mol. The van der Waals surface area contributed by atoms with Gasteiger partial charge in [0.25, 0.3) is 0 Å². The Morgan fingerprint density at radius 1 is 1.56 bits per heavy atom. The van der Waals surface area contributed by atoms with E-state index >= 15 is 0 Å². The van der Waals surface area contributed by atoms with Crippen molar-refractivity contribution in [1.82, 2.24) is 0 Å². The molecule has 1 heterocycles. The Morgan fingerprint density at radius 3 is 3.06 bits per heavy atom. The molecule has 0 aliphatic carbocycles. The summed E-state index contributed by atoms with van der Waals surface area (Å²) < 4.78 is 6.46. The molecule has 1 unspecified atom stereocenters. The fourth-order valence-corrected chi connectivity index (χ4v) is 2.54. The molecule has 0 bridgehead atoms. The third-order valence-electron chi connectivity index (χ3n) is 2.91. The maximum Gasteiger partial charge on any atom is 0.0755 e. The minimum Gasteiger partial charge on any atom is -0.394 e. The molecule has 1 fully saturated rings. The highest BCUT2D eigenvalue weighted by Crippen LogP contribution is 2.26. The van der Waals surface area contributed by atoms with Gasteiger partial charge in [-0.3, -0.25) is 0 Å². The molecule has 1 saturated heterocycles. The summed E-state index contributed by atoms with van der Waals surface area (Å²) in [5.41, 5.74) is 2.40. The molecule has 1 atom stereocenters. The molecule has 4 heteroatoms. The number of nitrogens with zero attached hydrogens (tertiary/aromatic N) is 1. The number of aliphatic hydroxyl groups is 1. The molecule has 0 saturated carbocycles. The predicted molar refractivity (Wildman–Crippen MR) is 67.9 cm³/mol. The standard InChI is InChI=1S/C12H16BrNO2/c1-9-6-10(13)2-3-12(9)14-4-5-16-8-11(14)7-15/h2-3,6,11,15H,4-5,7-8H2,1H3. The van der Waals surface area contributed by atoms with Gasteiger partial charge < -0.3 is 14.7 Å². The van der Waals surface area contributed by atoms with Crippen molar-refractivity contribution in [3.05, 3.63) is 28.2 Å². The van der Waals surface area contributed by atoms with E-state index in [4.69, 9.17) is 4.74 Å². The van der Waals surface area contributed by atoms with Gasteiger partial charge in [-0.2, -0.15) is 0 Å². The summed E-state index contributed by atoms with van der Waals surface area (Å²) in [5, 5.41) is 9.34. The highest BCUT2D eigenvalue weighted by atomic mass is 79.9. The summed E-state index contributed by atoms with van der Waals surface area (Å²) >= 11 is 3.46. The van der Waals surface area contributed by atoms with Crippen molar-refractivity contribution in [2.75, 3.05) is 31.3 Å². The molecule has 1 aromatic carbocycles. The van der Waals surface area contributed by atoms with Gasteiger partial charge in [-0.15, -0.1) is 0 Å². The Balaban J connectivity index is 2.27. The van der Waals surface area contributed by atoms with Crippen LogP contribution in [0.15, 0.2) is 22.7 Å². The minimum atomic E-state index is 0.0774. The number of rotatable bonds is 2. The summed E-state index contributed by atoms with van der Waals surface area (Å²) in [6.45, 7) is 4.39. The van der Waals surface area contributed by atoms with E-state index in [-0.39, 0.29) is 12.6 Å². The number of hydrogen-bond donors (Lipinski definition) is 1. The second kappa shape index (κ2) is 5.17. The maximum atomic E-state index is 9.34. The fraction of sp³-hybridized carbons (Fsp3) is 0.500. The average Bonchev–Trinajstić information content (AvgIpc) is 2.29. The Morgan fingerprint density at radius 2 is 2.38 bits per heavy atom. The zero-order chi connectivity index (χ0) is 11.5. The first-order chi connectivity index (χ1) is 7.72. The third-order valence-corrected chi connectivity index (χ3v) is 3.40. The van der Waals surface area contributed by atoms with Crippen LogP contribution in [0.4, 0.5) is 5.69 Å². The van der Waals surface area contributed by atoms with Crippen LogP contribution in [0, 0.1) is 6.92 Å². The van der Waals surface area contributed by atoms with Crippen LogP contribution in [0.5, 0.6) is 0 Å². The van der Waals surface area contributed by atoms with E-state index < -0.39 is 0 Å². The second-order valence-electron chi connectivity index (χ2n) is 4.04. The zero-order valence-electron chi connectivity index (χ0n) is 9.32. The van der Waals surface area contributed by atoms with E-state index in [1.807, 2.05) is 6.07 Å². The molecule has 0 amide bonds. The van der Waals surface area contributed by atoms with E-state index in [0.29, 0.717) is 6.61 Å².